The number of imidazole rings is 1. The van der Waals surface area contributed by atoms with Crippen molar-refractivity contribution in [1.29, 1.82) is 0 Å². The summed E-state index contributed by atoms with van der Waals surface area (Å²) in [6.45, 7) is 15.6. The van der Waals surface area contributed by atoms with Crippen LogP contribution < -0.4 is 9.47 Å². The van der Waals surface area contributed by atoms with Gasteiger partial charge in [-0.2, -0.15) is 0 Å². The van der Waals surface area contributed by atoms with E-state index in [-0.39, 0.29) is 0 Å². The SMILES string of the molecule is CCN(CC)CCCOc1ccc(-n2c(CC(C)C)nc(-c3ccc(OCCc4ccc(Cl)cc4)cc3)c2C)cc1. The maximum absolute atomic E-state index is 6.04. The van der Waals surface area contributed by atoms with Gasteiger partial charge in [0.25, 0.3) is 0 Å². The highest BCUT2D eigenvalue weighted by Gasteiger charge is 2.18. The van der Waals surface area contributed by atoms with E-state index in [9.17, 15) is 0 Å². The summed E-state index contributed by atoms with van der Waals surface area (Å²) < 4.78 is 14.3. The van der Waals surface area contributed by atoms with E-state index in [1.165, 1.54) is 5.56 Å². The number of ether oxygens (including phenoxy) is 2. The van der Waals surface area contributed by atoms with Crippen LogP contribution in [-0.2, 0) is 12.8 Å². The first-order valence-corrected chi connectivity index (χ1v) is 15.3. The molecule has 6 heteroatoms. The van der Waals surface area contributed by atoms with E-state index in [1.54, 1.807) is 0 Å². The molecule has 1 aromatic heterocycles. The maximum atomic E-state index is 6.04. The van der Waals surface area contributed by atoms with E-state index in [1.807, 2.05) is 36.4 Å². The molecule has 0 bridgehead atoms. The fourth-order valence-corrected chi connectivity index (χ4v) is 5.16. The average molecular weight is 574 g/mol. The van der Waals surface area contributed by atoms with E-state index in [4.69, 9.17) is 26.1 Å². The molecule has 0 unspecified atom stereocenters. The first-order valence-electron chi connectivity index (χ1n) is 14.9. The summed E-state index contributed by atoms with van der Waals surface area (Å²) in [4.78, 5) is 7.55. The summed E-state index contributed by atoms with van der Waals surface area (Å²) in [5.41, 5.74) is 5.54. The third-order valence-electron chi connectivity index (χ3n) is 7.35. The number of aromatic nitrogens is 2. The van der Waals surface area contributed by atoms with Gasteiger partial charge in [-0.3, -0.25) is 0 Å². The highest BCUT2D eigenvalue weighted by atomic mass is 35.5. The second-order valence-electron chi connectivity index (χ2n) is 10.9. The summed E-state index contributed by atoms with van der Waals surface area (Å²) in [6.07, 6.45) is 2.76. The van der Waals surface area contributed by atoms with Gasteiger partial charge >= 0.3 is 0 Å². The Morgan fingerprint density at radius 3 is 2.05 bits per heavy atom. The van der Waals surface area contributed by atoms with E-state index >= 15 is 0 Å². The van der Waals surface area contributed by atoms with Crippen molar-refractivity contribution in [3.63, 3.8) is 0 Å². The van der Waals surface area contributed by atoms with E-state index in [0.29, 0.717) is 12.5 Å². The van der Waals surface area contributed by atoms with Crippen molar-refractivity contribution in [3.8, 4) is 28.4 Å². The van der Waals surface area contributed by atoms with Gasteiger partial charge in [0.1, 0.15) is 17.3 Å². The number of benzene rings is 3. The van der Waals surface area contributed by atoms with Crippen molar-refractivity contribution in [2.24, 2.45) is 5.92 Å². The third-order valence-corrected chi connectivity index (χ3v) is 7.60. The molecular weight excluding hydrogens is 530 g/mol. The average Bonchev–Trinajstić information content (AvgIpc) is 3.29. The summed E-state index contributed by atoms with van der Waals surface area (Å²) >= 11 is 5.99. The van der Waals surface area contributed by atoms with Crippen molar-refractivity contribution < 1.29 is 9.47 Å². The zero-order valence-corrected chi connectivity index (χ0v) is 26.0. The van der Waals surface area contributed by atoms with Crippen molar-refractivity contribution >= 4 is 11.6 Å². The molecule has 4 aromatic rings. The molecule has 41 heavy (non-hydrogen) atoms. The number of nitrogens with zero attached hydrogens (tertiary/aromatic N) is 3. The van der Waals surface area contributed by atoms with Crippen LogP contribution in [0, 0.1) is 12.8 Å². The number of hydrogen-bond donors (Lipinski definition) is 0. The predicted octanol–water partition coefficient (Wildman–Crippen LogP) is 8.43. The van der Waals surface area contributed by atoms with Crippen LogP contribution in [-0.4, -0.2) is 47.3 Å². The van der Waals surface area contributed by atoms with Crippen LogP contribution in [0.2, 0.25) is 5.02 Å². The molecule has 0 fully saturated rings. The standard InChI is InChI=1S/C35H44ClN3O2/c1-6-38(7-2)22-8-23-40-33-19-15-31(16-20-33)39-27(5)35(37-34(39)25-26(3)4)29-11-17-32(18-12-29)41-24-21-28-9-13-30(36)14-10-28/h9-20,26H,6-8,21-25H2,1-5H3. The molecule has 0 saturated heterocycles. The molecule has 1 heterocycles. The van der Waals surface area contributed by atoms with Gasteiger partial charge in [0.05, 0.1) is 18.9 Å². The van der Waals surface area contributed by atoms with Gasteiger partial charge < -0.3 is 18.9 Å². The fraction of sp³-hybridized carbons (Fsp3) is 0.400. The van der Waals surface area contributed by atoms with Crippen LogP contribution >= 0.6 is 11.6 Å². The van der Waals surface area contributed by atoms with Crippen molar-refractivity contribution in [2.45, 2.75) is 53.9 Å². The molecule has 4 rings (SSSR count). The van der Waals surface area contributed by atoms with E-state index < -0.39 is 0 Å². The molecule has 0 amide bonds. The Hall–Kier alpha value is -3.28. The normalized spacial score (nSPS) is 11.4. The second-order valence-corrected chi connectivity index (χ2v) is 11.3. The quantitative estimate of drug-likeness (QED) is 0.134. The van der Waals surface area contributed by atoms with Gasteiger partial charge in [0, 0.05) is 41.4 Å². The molecule has 0 aliphatic carbocycles. The minimum absolute atomic E-state index is 0.494. The molecule has 0 spiro atoms. The van der Waals surface area contributed by atoms with Crippen LogP contribution in [0.15, 0.2) is 72.8 Å². The zero-order chi connectivity index (χ0) is 29.2. The Morgan fingerprint density at radius 1 is 0.829 bits per heavy atom. The molecule has 0 radical (unpaired) electrons. The molecule has 218 valence electrons. The lowest BCUT2D eigenvalue weighted by atomic mass is 10.1. The van der Waals surface area contributed by atoms with E-state index in [0.717, 1.165) is 90.5 Å². The Balaban J connectivity index is 1.44. The minimum atomic E-state index is 0.494. The first kappa shape index (κ1) is 30.7. The van der Waals surface area contributed by atoms with Gasteiger partial charge in [-0.05, 0) is 98.6 Å². The van der Waals surface area contributed by atoms with Crippen molar-refractivity contribution in [3.05, 3.63) is 94.9 Å². The number of rotatable bonds is 15. The number of hydrogen-bond acceptors (Lipinski definition) is 4. The monoisotopic (exact) mass is 573 g/mol. The van der Waals surface area contributed by atoms with Gasteiger partial charge in [-0.1, -0.05) is 51.4 Å². The molecule has 3 aromatic carbocycles. The van der Waals surface area contributed by atoms with Gasteiger partial charge in [-0.15, -0.1) is 0 Å². The minimum Gasteiger partial charge on any atom is -0.494 e. The second kappa shape index (κ2) is 15.1. The maximum Gasteiger partial charge on any atom is 0.119 e. The molecule has 0 aliphatic heterocycles. The van der Waals surface area contributed by atoms with E-state index in [2.05, 4.69) is 80.5 Å². The van der Waals surface area contributed by atoms with Gasteiger partial charge in [0.2, 0.25) is 0 Å². The number of halogens is 1. The van der Waals surface area contributed by atoms with Crippen LogP contribution in [0.25, 0.3) is 16.9 Å². The fourth-order valence-electron chi connectivity index (χ4n) is 5.03. The largest absolute Gasteiger partial charge is 0.494 e. The molecule has 0 saturated carbocycles. The Kier molecular flexibility index (Phi) is 11.3. The zero-order valence-electron chi connectivity index (χ0n) is 25.2. The smallest absolute Gasteiger partial charge is 0.119 e. The lowest BCUT2D eigenvalue weighted by molar-refractivity contribution is 0.249. The Bertz CT molecular complexity index is 1340. The van der Waals surface area contributed by atoms with Crippen LogP contribution in [0.5, 0.6) is 11.5 Å². The summed E-state index contributed by atoms with van der Waals surface area (Å²) in [5.74, 6) is 3.33. The van der Waals surface area contributed by atoms with Crippen LogP contribution in [0.1, 0.15) is 51.2 Å². The molecule has 5 nitrogen and oxygen atoms in total. The lowest BCUT2D eigenvalue weighted by Crippen LogP contribution is -2.25. The van der Waals surface area contributed by atoms with Crippen LogP contribution in [0.3, 0.4) is 0 Å². The summed E-state index contributed by atoms with van der Waals surface area (Å²) in [6, 6.07) is 24.6. The summed E-state index contributed by atoms with van der Waals surface area (Å²) in [5, 5.41) is 0.752. The lowest BCUT2D eigenvalue weighted by Gasteiger charge is -2.17. The van der Waals surface area contributed by atoms with Gasteiger partial charge in [0.15, 0.2) is 0 Å². The highest BCUT2D eigenvalue weighted by molar-refractivity contribution is 6.30. The highest BCUT2D eigenvalue weighted by Crippen LogP contribution is 2.30. The molecule has 0 N–H and O–H groups in total. The first-order chi connectivity index (χ1) is 19.9. The third kappa shape index (κ3) is 8.61. The van der Waals surface area contributed by atoms with Crippen molar-refractivity contribution in [2.75, 3.05) is 32.8 Å². The van der Waals surface area contributed by atoms with Gasteiger partial charge in [-0.25, -0.2) is 4.98 Å². The molecular formula is C35H44ClN3O2. The van der Waals surface area contributed by atoms with Crippen molar-refractivity contribution in [1.82, 2.24) is 14.5 Å². The molecule has 0 atom stereocenters. The molecule has 0 aliphatic rings. The Labute approximate surface area is 251 Å². The van der Waals surface area contributed by atoms with Crippen LogP contribution in [0.4, 0.5) is 0 Å². The summed E-state index contributed by atoms with van der Waals surface area (Å²) in [7, 11) is 0. The predicted molar refractivity (Wildman–Crippen MR) is 171 cm³/mol. The topological polar surface area (TPSA) is 39.5 Å². The Morgan fingerprint density at radius 2 is 1.44 bits per heavy atom.